The molecule has 0 aliphatic carbocycles. The molecule has 0 aromatic heterocycles. The average molecular weight is 939 g/mol. The van der Waals surface area contributed by atoms with Gasteiger partial charge in [-0.25, -0.2) is 0 Å². The van der Waals surface area contributed by atoms with E-state index >= 15 is 0 Å². The van der Waals surface area contributed by atoms with Crippen LogP contribution in [-0.2, 0) is 17.8 Å². The van der Waals surface area contributed by atoms with Crippen LogP contribution in [0, 0.1) is 0 Å². The minimum absolute atomic E-state index is 0.680. The Labute approximate surface area is 407 Å². The third kappa shape index (κ3) is 7.37. The highest BCUT2D eigenvalue weighted by Crippen LogP contribution is 2.64. The fraction of sp³-hybridized carbons (Fsp3) is 0.0476. The van der Waals surface area contributed by atoms with Crippen molar-refractivity contribution in [2.24, 2.45) is 0 Å². The molecular weight excluding hydrogens is 899 g/mol. The van der Waals surface area contributed by atoms with Crippen LogP contribution in [0.3, 0.4) is 0 Å². The second kappa shape index (κ2) is 16.8. The lowest BCUT2D eigenvalue weighted by atomic mass is 9.59. The van der Waals surface area contributed by atoms with Crippen molar-refractivity contribution < 1.29 is 26.3 Å². The predicted molar refractivity (Wildman–Crippen MR) is 273 cm³/mol. The van der Waals surface area contributed by atoms with Gasteiger partial charge < -0.3 is 9.80 Å². The number of hydrogen-bond donors (Lipinski definition) is 0. The van der Waals surface area contributed by atoms with Gasteiger partial charge in [0.25, 0.3) is 0 Å². The van der Waals surface area contributed by atoms with E-state index in [1.165, 1.54) is 24.3 Å². The lowest BCUT2D eigenvalue weighted by Gasteiger charge is -2.51. The Kier molecular flexibility index (Phi) is 10.3. The molecule has 0 unspecified atom stereocenters. The zero-order valence-corrected chi connectivity index (χ0v) is 37.8. The molecular formula is C63H40F6N2. The minimum atomic E-state index is -4.43. The quantitative estimate of drug-likeness (QED) is 0.153. The van der Waals surface area contributed by atoms with E-state index in [9.17, 15) is 26.3 Å². The molecule has 0 saturated heterocycles. The summed E-state index contributed by atoms with van der Waals surface area (Å²) >= 11 is 0. The van der Waals surface area contributed by atoms with E-state index in [0.29, 0.717) is 11.1 Å². The van der Waals surface area contributed by atoms with Gasteiger partial charge in [-0.05, 0) is 152 Å². The molecule has 2 nitrogen and oxygen atoms in total. The number of halogens is 6. The summed E-state index contributed by atoms with van der Waals surface area (Å²) in [6.07, 6.45) is -8.86. The molecule has 12 rings (SSSR count). The smallest absolute Gasteiger partial charge is 0.310 e. The van der Waals surface area contributed by atoms with Gasteiger partial charge in [-0.15, -0.1) is 0 Å². The Hall–Kier alpha value is -8.62. The van der Waals surface area contributed by atoms with Crippen LogP contribution in [0.4, 0.5) is 60.5 Å². The largest absolute Gasteiger partial charge is 0.416 e. The Morgan fingerprint density at radius 2 is 0.535 bits per heavy atom. The number of benzene rings is 10. The van der Waals surface area contributed by atoms with E-state index in [1.807, 2.05) is 84.9 Å². The van der Waals surface area contributed by atoms with Gasteiger partial charge >= 0.3 is 12.4 Å². The summed E-state index contributed by atoms with van der Waals surface area (Å²) in [6, 6.07) is 77.6. The van der Waals surface area contributed by atoms with Gasteiger partial charge in [0.15, 0.2) is 0 Å². The molecule has 0 atom stereocenters. The van der Waals surface area contributed by atoms with Crippen molar-refractivity contribution in [1.29, 1.82) is 0 Å². The monoisotopic (exact) mass is 938 g/mol. The van der Waals surface area contributed by atoms with Crippen LogP contribution in [0.2, 0.25) is 0 Å². The first-order valence-corrected chi connectivity index (χ1v) is 23.2. The molecule has 8 heteroatoms. The maximum atomic E-state index is 13.5. The second-order valence-corrected chi connectivity index (χ2v) is 17.9. The summed E-state index contributed by atoms with van der Waals surface area (Å²) in [7, 11) is 0. The summed E-state index contributed by atoms with van der Waals surface area (Å²) in [5.74, 6) is 0. The third-order valence-electron chi connectivity index (χ3n) is 13.9. The molecule has 2 aliphatic heterocycles. The zero-order chi connectivity index (χ0) is 48.5. The fourth-order valence-corrected chi connectivity index (χ4v) is 10.7. The van der Waals surface area contributed by atoms with E-state index in [2.05, 4.69) is 119 Å². The lowest BCUT2D eigenvalue weighted by molar-refractivity contribution is -0.138. The van der Waals surface area contributed by atoms with Gasteiger partial charge in [0.05, 0.1) is 39.3 Å². The molecule has 0 N–H and O–H groups in total. The van der Waals surface area contributed by atoms with Gasteiger partial charge in [-0.3, -0.25) is 0 Å². The van der Waals surface area contributed by atoms with E-state index in [0.717, 1.165) is 114 Å². The Morgan fingerprint density at radius 1 is 0.254 bits per heavy atom. The standard InChI is InChI=1S/C63H40F6N2/c64-62(65,66)49-29-19-43(20-30-49)45-23-33-51(34-24-45)70-57-17-9-7-15-53(57)61(55-39-47(27-37-59(55)70)41-11-3-1-4-12-41)54-16-8-10-18-58(54)71(60-38-28-48(40-56(60)61)42-13-5-2-6-14-42)52-35-25-46(26-36-52)44-21-31-50(32-22-44)63(67,68)69/h1-40H. The van der Waals surface area contributed by atoms with Crippen LogP contribution in [0.5, 0.6) is 0 Å². The van der Waals surface area contributed by atoms with E-state index in [1.54, 1.807) is 0 Å². The molecule has 10 aromatic rings. The summed E-state index contributed by atoms with van der Waals surface area (Å²) in [5.41, 5.74) is 14.7. The second-order valence-electron chi connectivity index (χ2n) is 17.9. The minimum Gasteiger partial charge on any atom is -0.310 e. The highest BCUT2D eigenvalue weighted by molar-refractivity contribution is 5.98. The number of alkyl halides is 6. The van der Waals surface area contributed by atoms with Crippen LogP contribution in [0.1, 0.15) is 33.4 Å². The van der Waals surface area contributed by atoms with Crippen molar-refractivity contribution in [2.45, 2.75) is 17.8 Å². The first-order chi connectivity index (χ1) is 34.5. The highest BCUT2D eigenvalue weighted by Gasteiger charge is 2.52. The number of anilines is 6. The van der Waals surface area contributed by atoms with Crippen molar-refractivity contribution in [3.63, 3.8) is 0 Å². The first kappa shape index (κ1) is 43.6. The van der Waals surface area contributed by atoms with Crippen LogP contribution >= 0.6 is 0 Å². The van der Waals surface area contributed by atoms with Crippen LogP contribution in [0.25, 0.3) is 44.5 Å². The Balaban J connectivity index is 1.09. The molecule has 2 heterocycles. The molecule has 1 spiro atoms. The fourth-order valence-electron chi connectivity index (χ4n) is 10.7. The number of hydrogen-bond acceptors (Lipinski definition) is 2. The SMILES string of the molecule is FC(F)(F)c1ccc(-c2ccc(N3c4ccccc4C4(c5ccccc5N(c5ccc(-c6ccc(C(F)(F)F)cc6)cc5)c5ccc(-c6ccccc6)cc54)c4cc(-c5ccccc5)ccc43)cc2)cc1. The molecule has 10 aromatic carbocycles. The average Bonchev–Trinajstić information content (AvgIpc) is 3.41. The van der Waals surface area contributed by atoms with Gasteiger partial charge in [0, 0.05) is 11.4 Å². The predicted octanol–water partition coefficient (Wildman–Crippen LogP) is 18.3. The van der Waals surface area contributed by atoms with Crippen molar-refractivity contribution >= 4 is 34.1 Å². The van der Waals surface area contributed by atoms with Crippen molar-refractivity contribution in [1.82, 2.24) is 0 Å². The molecule has 344 valence electrons. The molecule has 71 heavy (non-hydrogen) atoms. The number of fused-ring (bicyclic) bond motifs is 8. The zero-order valence-electron chi connectivity index (χ0n) is 37.8. The van der Waals surface area contributed by atoms with E-state index in [-0.39, 0.29) is 0 Å². The number of rotatable bonds is 6. The normalized spacial score (nSPS) is 13.5. The van der Waals surface area contributed by atoms with Gasteiger partial charge in [-0.1, -0.05) is 158 Å². The summed E-state index contributed by atoms with van der Waals surface area (Å²) < 4.78 is 81.0. The third-order valence-corrected chi connectivity index (χ3v) is 13.9. The molecule has 0 saturated carbocycles. The van der Waals surface area contributed by atoms with E-state index < -0.39 is 28.9 Å². The van der Waals surface area contributed by atoms with Crippen LogP contribution in [0.15, 0.2) is 243 Å². The summed E-state index contributed by atoms with van der Waals surface area (Å²) in [4.78, 5) is 4.58. The van der Waals surface area contributed by atoms with Crippen molar-refractivity contribution in [3.8, 4) is 44.5 Å². The highest BCUT2D eigenvalue weighted by atomic mass is 19.4. The Morgan fingerprint density at radius 3 is 0.887 bits per heavy atom. The topological polar surface area (TPSA) is 6.48 Å². The van der Waals surface area contributed by atoms with Crippen molar-refractivity contribution in [2.75, 3.05) is 9.80 Å². The lowest BCUT2D eigenvalue weighted by Crippen LogP contribution is -2.42. The first-order valence-electron chi connectivity index (χ1n) is 23.2. The molecule has 0 bridgehead atoms. The van der Waals surface area contributed by atoms with Crippen LogP contribution < -0.4 is 9.80 Å². The van der Waals surface area contributed by atoms with Crippen LogP contribution in [-0.4, -0.2) is 0 Å². The molecule has 0 fully saturated rings. The summed E-state index contributed by atoms with van der Waals surface area (Å²) in [6.45, 7) is 0. The number of nitrogens with zero attached hydrogens (tertiary/aromatic N) is 2. The molecule has 2 aliphatic rings. The van der Waals surface area contributed by atoms with Gasteiger partial charge in [0.2, 0.25) is 0 Å². The molecule has 0 amide bonds. The summed E-state index contributed by atoms with van der Waals surface area (Å²) in [5, 5.41) is 0. The van der Waals surface area contributed by atoms with Gasteiger partial charge in [0.1, 0.15) is 0 Å². The number of para-hydroxylation sites is 2. The van der Waals surface area contributed by atoms with Gasteiger partial charge in [-0.2, -0.15) is 26.3 Å². The Bertz CT molecular complexity index is 3340. The van der Waals surface area contributed by atoms with E-state index in [4.69, 9.17) is 0 Å². The maximum Gasteiger partial charge on any atom is 0.416 e. The maximum absolute atomic E-state index is 13.5. The molecule has 0 radical (unpaired) electrons. The van der Waals surface area contributed by atoms with Crippen molar-refractivity contribution in [3.05, 3.63) is 276 Å².